The smallest absolute Gasteiger partial charge is 0.417 e. The van der Waals surface area contributed by atoms with Crippen LogP contribution in [0.4, 0.5) is 23.7 Å². The molecule has 4 rings (SSSR count). The molecule has 0 spiro atoms. The number of pyridine rings is 1. The van der Waals surface area contributed by atoms with Crippen LogP contribution >= 0.6 is 0 Å². The average molecular weight is 486 g/mol. The van der Waals surface area contributed by atoms with Crippen molar-refractivity contribution in [3.05, 3.63) is 70.7 Å². The summed E-state index contributed by atoms with van der Waals surface area (Å²) in [7, 11) is 1.84. The first-order valence-corrected chi connectivity index (χ1v) is 11.2. The number of aryl methyl sites for hydroxylation is 2. The average Bonchev–Trinajstić information content (AvgIpc) is 3.05. The van der Waals surface area contributed by atoms with Crippen LogP contribution in [0.2, 0.25) is 0 Å². The highest BCUT2D eigenvalue weighted by atomic mass is 19.4. The Labute approximate surface area is 201 Å². The lowest BCUT2D eigenvalue weighted by Gasteiger charge is -2.28. The van der Waals surface area contributed by atoms with E-state index >= 15 is 0 Å². The number of benzene rings is 1. The summed E-state index contributed by atoms with van der Waals surface area (Å²) in [6, 6.07) is 9.26. The molecule has 1 aliphatic heterocycles. The highest BCUT2D eigenvalue weighted by molar-refractivity contribution is 5.90. The Morgan fingerprint density at radius 2 is 1.89 bits per heavy atom. The molecule has 3 heterocycles. The number of carbonyl (C=O) groups is 1. The molecule has 1 saturated heterocycles. The van der Waals surface area contributed by atoms with Gasteiger partial charge in [-0.2, -0.15) is 18.3 Å². The summed E-state index contributed by atoms with van der Waals surface area (Å²) in [5.41, 5.74) is 3.72. The molecule has 7 nitrogen and oxygen atoms in total. The van der Waals surface area contributed by atoms with Gasteiger partial charge in [-0.1, -0.05) is 23.8 Å². The van der Waals surface area contributed by atoms with E-state index in [1.54, 1.807) is 21.7 Å². The third-order valence-corrected chi connectivity index (χ3v) is 5.95. The summed E-state index contributed by atoms with van der Waals surface area (Å²) in [6.07, 6.45) is -0.155. The van der Waals surface area contributed by atoms with Crippen LogP contribution in [0.5, 0.6) is 11.6 Å². The quantitative estimate of drug-likeness (QED) is 0.495. The normalized spacial score (nSPS) is 14.1. The van der Waals surface area contributed by atoms with Gasteiger partial charge < -0.3 is 15.0 Å². The number of anilines is 1. The van der Waals surface area contributed by atoms with E-state index in [1.165, 1.54) is 11.6 Å². The summed E-state index contributed by atoms with van der Waals surface area (Å²) in [4.78, 5) is 18.3. The molecule has 2 aromatic heterocycles. The Morgan fingerprint density at radius 3 is 2.49 bits per heavy atom. The molecule has 35 heavy (non-hydrogen) atoms. The molecule has 0 bridgehead atoms. The molecule has 10 heteroatoms. The number of hydrogen-bond acceptors (Lipinski definition) is 4. The lowest BCUT2D eigenvalue weighted by Crippen LogP contribution is -2.39. The summed E-state index contributed by atoms with van der Waals surface area (Å²) in [5, 5.41) is 7.30. The van der Waals surface area contributed by atoms with Crippen LogP contribution in [0, 0.1) is 13.8 Å². The van der Waals surface area contributed by atoms with E-state index in [9.17, 15) is 18.0 Å². The van der Waals surface area contributed by atoms with Crippen LogP contribution in [0.15, 0.2) is 48.2 Å². The molecule has 0 saturated carbocycles. The zero-order chi connectivity index (χ0) is 25.2. The van der Waals surface area contributed by atoms with Crippen molar-refractivity contribution in [2.75, 3.05) is 18.4 Å². The molecule has 3 aromatic rings. The van der Waals surface area contributed by atoms with E-state index in [0.717, 1.165) is 47.7 Å². The van der Waals surface area contributed by atoms with E-state index in [1.807, 2.05) is 33.0 Å². The molecule has 1 aromatic carbocycles. The SMILES string of the molecule is Cc1nn(C)c(C)c1NC(=O)N1CCC(=Cc2cccc(Oc3ccc(C(F)(F)F)cn3)c2)CC1. The van der Waals surface area contributed by atoms with Crippen molar-refractivity contribution in [3.8, 4) is 11.6 Å². The maximum Gasteiger partial charge on any atom is 0.417 e. The predicted octanol–water partition coefficient (Wildman–Crippen LogP) is 5.95. The fourth-order valence-electron chi connectivity index (χ4n) is 3.91. The Bertz CT molecular complexity index is 1240. The van der Waals surface area contributed by atoms with Gasteiger partial charge in [0.05, 0.1) is 22.6 Å². The van der Waals surface area contributed by atoms with Crippen molar-refractivity contribution in [3.63, 3.8) is 0 Å². The summed E-state index contributed by atoms with van der Waals surface area (Å²) >= 11 is 0. The van der Waals surface area contributed by atoms with Crippen LogP contribution in [-0.4, -0.2) is 38.8 Å². The predicted molar refractivity (Wildman–Crippen MR) is 126 cm³/mol. The van der Waals surface area contributed by atoms with Gasteiger partial charge in [0.25, 0.3) is 0 Å². The molecule has 1 fully saturated rings. The van der Waals surface area contributed by atoms with Crippen molar-refractivity contribution in [2.45, 2.75) is 32.9 Å². The molecule has 2 amide bonds. The maximum atomic E-state index is 12.7. The molecular weight excluding hydrogens is 459 g/mol. The number of amides is 2. The van der Waals surface area contributed by atoms with Gasteiger partial charge in [-0.05, 0) is 50.5 Å². The minimum Gasteiger partial charge on any atom is -0.439 e. The van der Waals surface area contributed by atoms with Gasteiger partial charge in [-0.3, -0.25) is 4.68 Å². The molecule has 0 atom stereocenters. The molecule has 184 valence electrons. The van der Waals surface area contributed by atoms with Crippen molar-refractivity contribution in [1.29, 1.82) is 0 Å². The number of rotatable bonds is 4. The standard InChI is InChI=1S/C25H26F3N5O2/c1-16-23(17(2)32(3)31-16)30-24(34)33-11-9-18(10-12-33)13-19-5-4-6-21(14-19)35-22-8-7-20(15-29-22)25(26,27)28/h4-8,13-15H,9-12H2,1-3H3,(H,30,34). The Balaban J connectivity index is 1.35. The number of carbonyl (C=O) groups excluding carboxylic acids is 1. The first-order chi connectivity index (χ1) is 16.6. The summed E-state index contributed by atoms with van der Waals surface area (Å²) in [6.45, 7) is 4.98. The van der Waals surface area contributed by atoms with Crippen LogP contribution < -0.4 is 10.1 Å². The largest absolute Gasteiger partial charge is 0.439 e. The van der Waals surface area contributed by atoms with Crippen molar-refractivity contribution < 1.29 is 22.7 Å². The zero-order valence-corrected chi connectivity index (χ0v) is 19.7. The molecule has 1 N–H and O–H groups in total. The van der Waals surface area contributed by atoms with Gasteiger partial charge in [-0.25, -0.2) is 9.78 Å². The molecule has 1 aliphatic rings. The Morgan fingerprint density at radius 1 is 1.14 bits per heavy atom. The minimum absolute atomic E-state index is 0.0845. The second kappa shape index (κ2) is 9.81. The second-order valence-corrected chi connectivity index (χ2v) is 8.45. The summed E-state index contributed by atoms with van der Waals surface area (Å²) in [5.74, 6) is 0.562. The van der Waals surface area contributed by atoms with Gasteiger partial charge >= 0.3 is 12.2 Å². The number of hydrogen-bond donors (Lipinski definition) is 1. The molecular formula is C25H26F3N5O2. The van der Waals surface area contributed by atoms with Crippen molar-refractivity contribution >= 4 is 17.8 Å². The number of aromatic nitrogens is 3. The van der Waals surface area contributed by atoms with Crippen LogP contribution in [0.1, 0.15) is 35.4 Å². The number of piperidine rings is 1. The first kappa shape index (κ1) is 24.3. The lowest BCUT2D eigenvalue weighted by atomic mass is 10.0. The highest BCUT2D eigenvalue weighted by Gasteiger charge is 2.30. The summed E-state index contributed by atoms with van der Waals surface area (Å²) < 4.78 is 45.5. The fourth-order valence-corrected chi connectivity index (χ4v) is 3.91. The molecule has 0 unspecified atom stereocenters. The Hall–Kier alpha value is -3.82. The number of urea groups is 1. The highest BCUT2D eigenvalue weighted by Crippen LogP contribution is 2.30. The number of ether oxygens (including phenoxy) is 1. The van der Waals surface area contributed by atoms with Gasteiger partial charge in [0, 0.05) is 32.4 Å². The van der Waals surface area contributed by atoms with Crippen molar-refractivity contribution in [2.24, 2.45) is 7.05 Å². The number of alkyl halides is 3. The number of nitrogens with one attached hydrogen (secondary N) is 1. The topological polar surface area (TPSA) is 72.3 Å². The van der Waals surface area contributed by atoms with Gasteiger partial charge in [-0.15, -0.1) is 0 Å². The van der Waals surface area contributed by atoms with E-state index in [0.29, 0.717) is 18.8 Å². The van der Waals surface area contributed by atoms with Crippen LogP contribution in [0.25, 0.3) is 6.08 Å². The number of halogens is 3. The zero-order valence-electron chi connectivity index (χ0n) is 19.7. The van der Waals surface area contributed by atoms with E-state index < -0.39 is 11.7 Å². The molecule has 0 aliphatic carbocycles. The van der Waals surface area contributed by atoms with Crippen LogP contribution in [-0.2, 0) is 13.2 Å². The molecule has 0 radical (unpaired) electrons. The van der Waals surface area contributed by atoms with E-state index in [-0.39, 0.29) is 11.9 Å². The number of likely N-dealkylation sites (tertiary alicyclic amines) is 1. The van der Waals surface area contributed by atoms with E-state index in [2.05, 4.69) is 21.5 Å². The second-order valence-electron chi connectivity index (χ2n) is 8.45. The first-order valence-electron chi connectivity index (χ1n) is 11.2. The Kier molecular flexibility index (Phi) is 6.81. The maximum absolute atomic E-state index is 12.7. The minimum atomic E-state index is -4.44. The number of nitrogens with zero attached hydrogens (tertiary/aromatic N) is 4. The monoisotopic (exact) mass is 485 g/mol. The van der Waals surface area contributed by atoms with Crippen LogP contribution in [0.3, 0.4) is 0 Å². The fraction of sp³-hybridized carbons (Fsp3) is 0.320. The van der Waals surface area contributed by atoms with Gasteiger partial charge in [0.2, 0.25) is 5.88 Å². The lowest BCUT2D eigenvalue weighted by molar-refractivity contribution is -0.137. The third kappa shape index (κ3) is 5.82. The van der Waals surface area contributed by atoms with Gasteiger partial charge in [0.1, 0.15) is 5.75 Å². The van der Waals surface area contributed by atoms with E-state index in [4.69, 9.17) is 4.74 Å². The third-order valence-electron chi connectivity index (χ3n) is 5.95. The van der Waals surface area contributed by atoms with Crippen molar-refractivity contribution in [1.82, 2.24) is 19.7 Å². The van der Waals surface area contributed by atoms with Gasteiger partial charge in [0.15, 0.2) is 0 Å².